The standard InChI is InChI=1S/C22H21ClN6OS/c23-18-6-2-1-4-16(18)14-22(30)28-11-9-27(10-12-28)20-8-7-19-24-25-21(29(19)26-20)15-17-5-3-13-31-17/h1-8,13H,9-12,14-15H2. The molecule has 1 aromatic carbocycles. The highest BCUT2D eigenvalue weighted by atomic mass is 35.5. The van der Waals surface area contributed by atoms with Gasteiger partial charge in [0.25, 0.3) is 0 Å². The average molecular weight is 453 g/mol. The van der Waals surface area contributed by atoms with Crippen molar-refractivity contribution >= 4 is 40.3 Å². The third-order valence-corrected chi connectivity index (χ3v) is 6.73. The van der Waals surface area contributed by atoms with Gasteiger partial charge in [0.2, 0.25) is 5.91 Å². The first-order valence-corrected chi connectivity index (χ1v) is 11.4. The number of halogens is 1. The molecule has 0 N–H and O–H groups in total. The van der Waals surface area contributed by atoms with Crippen molar-refractivity contribution in [1.82, 2.24) is 24.7 Å². The molecule has 7 nitrogen and oxygen atoms in total. The van der Waals surface area contributed by atoms with Crippen molar-refractivity contribution in [1.29, 1.82) is 0 Å². The van der Waals surface area contributed by atoms with E-state index in [9.17, 15) is 4.79 Å². The van der Waals surface area contributed by atoms with Gasteiger partial charge in [0.1, 0.15) is 5.82 Å². The number of hydrogen-bond acceptors (Lipinski definition) is 6. The van der Waals surface area contributed by atoms with Gasteiger partial charge in [-0.25, -0.2) is 0 Å². The fourth-order valence-corrected chi connectivity index (χ4v) is 4.68. The lowest BCUT2D eigenvalue weighted by molar-refractivity contribution is -0.130. The van der Waals surface area contributed by atoms with Crippen molar-refractivity contribution in [2.24, 2.45) is 0 Å². The highest BCUT2D eigenvalue weighted by Crippen LogP contribution is 2.19. The SMILES string of the molecule is O=C(Cc1ccccc1Cl)N1CCN(c2ccc3nnc(Cc4cccs4)n3n2)CC1. The van der Waals surface area contributed by atoms with E-state index in [-0.39, 0.29) is 5.91 Å². The molecule has 9 heteroatoms. The number of hydrogen-bond donors (Lipinski definition) is 0. The quantitative estimate of drug-likeness (QED) is 0.464. The van der Waals surface area contributed by atoms with Gasteiger partial charge < -0.3 is 9.80 Å². The molecule has 0 aliphatic carbocycles. The molecular weight excluding hydrogens is 432 g/mol. The van der Waals surface area contributed by atoms with Crippen LogP contribution in [-0.4, -0.2) is 56.8 Å². The summed E-state index contributed by atoms with van der Waals surface area (Å²) < 4.78 is 1.82. The first-order chi connectivity index (χ1) is 15.2. The lowest BCUT2D eigenvalue weighted by Gasteiger charge is -2.35. The van der Waals surface area contributed by atoms with Crippen molar-refractivity contribution in [3.05, 3.63) is 75.2 Å². The summed E-state index contributed by atoms with van der Waals surface area (Å²) in [5.41, 5.74) is 1.61. The van der Waals surface area contributed by atoms with Gasteiger partial charge in [-0.3, -0.25) is 4.79 Å². The third kappa shape index (κ3) is 4.26. The molecular formula is C22H21ClN6OS. The van der Waals surface area contributed by atoms with E-state index < -0.39 is 0 Å². The van der Waals surface area contributed by atoms with E-state index in [1.54, 1.807) is 11.3 Å². The Morgan fingerprint density at radius 2 is 1.84 bits per heavy atom. The molecule has 0 radical (unpaired) electrons. The van der Waals surface area contributed by atoms with Crippen LogP contribution in [0, 0.1) is 0 Å². The molecule has 0 saturated carbocycles. The van der Waals surface area contributed by atoms with Crippen LogP contribution in [0.5, 0.6) is 0 Å². The minimum absolute atomic E-state index is 0.105. The minimum atomic E-state index is 0.105. The molecule has 0 bridgehead atoms. The molecule has 0 unspecified atom stereocenters. The summed E-state index contributed by atoms with van der Waals surface area (Å²) in [7, 11) is 0. The number of benzene rings is 1. The zero-order valence-electron chi connectivity index (χ0n) is 16.8. The number of piperazine rings is 1. The second-order valence-corrected chi connectivity index (χ2v) is 8.91. The molecule has 1 aliphatic rings. The average Bonchev–Trinajstić information content (AvgIpc) is 3.46. The zero-order chi connectivity index (χ0) is 21.2. The second kappa shape index (κ2) is 8.64. The predicted octanol–water partition coefficient (Wildman–Crippen LogP) is 3.32. The molecule has 5 rings (SSSR count). The summed E-state index contributed by atoms with van der Waals surface area (Å²) >= 11 is 7.91. The van der Waals surface area contributed by atoms with Crippen LogP contribution in [0.3, 0.4) is 0 Å². The maximum atomic E-state index is 12.7. The predicted molar refractivity (Wildman–Crippen MR) is 122 cm³/mol. The summed E-state index contributed by atoms with van der Waals surface area (Å²) in [5, 5.41) is 16.0. The molecule has 4 aromatic rings. The Balaban J connectivity index is 1.26. The topological polar surface area (TPSA) is 66.6 Å². The van der Waals surface area contributed by atoms with Gasteiger partial charge in [0, 0.05) is 42.5 Å². The maximum absolute atomic E-state index is 12.7. The highest BCUT2D eigenvalue weighted by Gasteiger charge is 2.23. The van der Waals surface area contributed by atoms with E-state index in [1.807, 2.05) is 51.9 Å². The van der Waals surface area contributed by atoms with Crippen molar-refractivity contribution in [2.45, 2.75) is 12.8 Å². The lowest BCUT2D eigenvalue weighted by Crippen LogP contribution is -2.49. The van der Waals surface area contributed by atoms with Crippen LogP contribution in [0.2, 0.25) is 5.02 Å². The van der Waals surface area contributed by atoms with Crippen LogP contribution in [0.4, 0.5) is 5.82 Å². The summed E-state index contributed by atoms with van der Waals surface area (Å²) in [6.45, 7) is 2.78. The van der Waals surface area contributed by atoms with Gasteiger partial charge in [0.05, 0.1) is 6.42 Å². The van der Waals surface area contributed by atoms with E-state index in [2.05, 4.69) is 26.5 Å². The van der Waals surface area contributed by atoms with Gasteiger partial charge >= 0.3 is 0 Å². The van der Waals surface area contributed by atoms with Crippen molar-refractivity contribution in [2.75, 3.05) is 31.1 Å². The molecule has 158 valence electrons. The van der Waals surface area contributed by atoms with Gasteiger partial charge in [-0.1, -0.05) is 35.9 Å². The summed E-state index contributed by atoms with van der Waals surface area (Å²) in [6.07, 6.45) is 1.04. The fraction of sp³-hybridized carbons (Fsp3) is 0.273. The smallest absolute Gasteiger partial charge is 0.227 e. The van der Waals surface area contributed by atoms with Crippen LogP contribution in [-0.2, 0) is 17.6 Å². The van der Waals surface area contributed by atoms with Crippen LogP contribution in [0.15, 0.2) is 53.9 Å². The number of carbonyl (C=O) groups is 1. The number of fused-ring (bicyclic) bond motifs is 1. The Labute approximate surface area is 188 Å². The summed E-state index contributed by atoms with van der Waals surface area (Å²) in [5.74, 6) is 1.80. The number of aromatic nitrogens is 4. The lowest BCUT2D eigenvalue weighted by atomic mass is 10.1. The molecule has 1 aliphatic heterocycles. The Morgan fingerprint density at radius 1 is 1.00 bits per heavy atom. The minimum Gasteiger partial charge on any atom is -0.352 e. The van der Waals surface area contributed by atoms with Crippen LogP contribution < -0.4 is 4.90 Å². The Bertz CT molecular complexity index is 1200. The van der Waals surface area contributed by atoms with Crippen LogP contribution in [0.1, 0.15) is 16.3 Å². The van der Waals surface area contributed by atoms with Crippen molar-refractivity contribution < 1.29 is 4.79 Å². The number of rotatable bonds is 5. The molecule has 0 spiro atoms. The first kappa shape index (κ1) is 20.0. The Kier molecular flexibility index (Phi) is 5.57. The summed E-state index contributed by atoms with van der Waals surface area (Å²) in [4.78, 5) is 18.0. The maximum Gasteiger partial charge on any atom is 0.227 e. The number of carbonyl (C=O) groups excluding carboxylic acids is 1. The van der Waals surface area contributed by atoms with Gasteiger partial charge in [-0.05, 0) is 35.2 Å². The van der Waals surface area contributed by atoms with Crippen molar-refractivity contribution in [3.63, 3.8) is 0 Å². The third-order valence-electron chi connectivity index (χ3n) is 5.48. The van der Waals surface area contributed by atoms with Crippen LogP contribution in [0.25, 0.3) is 5.65 Å². The number of nitrogens with zero attached hydrogens (tertiary/aromatic N) is 6. The Hall–Kier alpha value is -2.97. The molecule has 3 aromatic heterocycles. The summed E-state index contributed by atoms with van der Waals surface area (Å²) in [6, 6.07) is 15.6. The zero-order valence-corrected chi connectivity index (χ0v) is 18.4. The molecule has 1 amide bonds. The molecule has 4 heterocycles. The normalized spacial score (nSPS) is 14.4. The first-order valence-electron chi connectivity index (χ1n) is 10.2. The van der Waals surface area contributed by atoms with E-state index in [0.29, 0.717) is 31.0 Å². The van der Waals surface area contributed by atoms with Crippen LogP contribution >= 0.6 is 22.9 Å². The van der Waals surface area contributed by atoms with E-state index in [0.717, 1.165) is 35.9 Å². The monoisotopic (exact) mass is 452 g/mol. The molecule has 1 saturated heterocycles. The van der Waals surface area contributed by atoms with Gasteiger partial charge in [-0.2, -0.15) is 4.52 Å². The second-order valence-electron chi connectivity index (χ2n) is 7.47. The molecule has 1 fully saturated rings. The van der Waals surface area contributed by atoms with E-state index in [1.165, 1.54) is 4.88 Å². The number of anilines is 1. The van der Waals surface area contributed by atoms with Gasteiger partial charge in [0.15, 0.2) is 11.5 Å². The van der Waals surface area contributed by atoms with Crippen molar-refractivity contribution in [3.8, 4) is 0 Å². The number of thiophene rings is 1. The Morgan fingerprint density at radius 3 is 2.61 bits per heavy atom. The van der Waals surface area contributed by atoms with Gasteiger partial charge in [-0.15, -0.1) is 26.6 Å². The molecule has 0 atom stereocenters. The van der Waals surface area contributed by atoms with E-state index >= 15 is 0 Å². The largest absolute Gasteiger partial charge is 0.352 e. The molecule has 31 heavy (non-hydrogen) atoms. The number of amides is 1. The fourth-order valence-electron chi connectivity index (χ4n) is 3.77. The highest BCUT2D eigenvalue weighted by molar-refractivity contribution is 7.09. The van der Waals surface area contributed by atoms with E-state index in [4.69, 9.17) is 16.7 Å².